The van der Waals surface area contributed by atoms with Crippen molar-refractivity contribution in [3.05, 3.63) is 4.91 Å². The molecule has 1 aliphatic carbocycles. The minimum absolute atomic E-state index is 0.519. The predicted molar refractivity (Wildman–Crippen MR) is 32.5 cm³/mol. The molecule has 0 aromatic heterocycles. The Hall–Kier alpha value is -0.400. The summed E-state index contributed by atoms with van der Waals surface area (Å²) in [7, 11) is 0. The summed E-state index contributed by atoms with van der Waals surface area (Å²) in [6.07, 6.45) is 2.63. The zero-order valence-electron chi connectivity index (χ0n) is 5.13. The van der Waals surface area contributed by atoms with Gasteiger partial charge in [0.1, 0.15) is 0 Å². The van der Waals surface area contributed by atoms with Gasteiger partial charge in [0.25, 0.3) is 0 Å². The fourth-order valence-electron chi connectivity index (χ4n) is 0.932. The van der Waals surface area contributed by atoms with Crippen LogP contribution in [0.5, 0.6) is 0 Å². The highest BCUT2D eigenvalue weighted by Gasteiger charge is 2.27. The normalized spacial score (nSPS) is 22.6. The summed E-state index contributed by atoms with van der Waals surface area (Å²) in [5.74, 6) is 1.38. The molecular weight excluding hydrogens is 102 g/mol. The molecule has 0 aromatic carbocycles. The van der Waals surface area contributed by atoms with Gasteiger partial charge >= 0.3 is 0 Å². The first-order valence-corrected chi connectivity index (χ1v) is 3.13. The third kappa shape index (κ3) is 1.29. The first kappa shape index (κ1) is 5.73. The van der Waals surface area contributed by atoms with Crippen molar-refractivity contribution in [2.24, 2.45) is 17.0 Å². The van der Waals surface area contributed by atoms with E-state index in [9.17, 15) is 4.91 Å². The Morgan fingerprint density at radius 2 is 2.38 bits per heavy atom. The summed E-state index contributed by atoms with van der Waals surface area (Å²) in [5, 5.41) is 2.85. The first-order chi connectivity index (χ1) is 3.84. The standard InChI is InChI=1S/C6H11NO/c1-5(4-7-8)6-2-3-6/h5-6H,2-4H2,1H3/t5-/m1/s1. The van der Waals surface area contributed by atoms with Crippen LogP contribution in [-0.4, -0.2) is 6.54 Å². The molecule has 0 spiro atoms. The fraction of sp³-hybridized carbons (Fsp3) is 1.00. The van der Waals surface area contributed by atoms with E-state index in [2.05, 4.69) is 12.1 Å². The highest BCUT2D eigenvalue weighted by atomic mass is 16.3. The van der Waals surface area contributed by atoms with Crippen molar-refractivity contribution in [1.82, 2.24) is 0 Å². The van der Waals surface area contributed by atoms with E-state index in [-0.39, 0.29) is 0 Å². The number of rotatable bonds is 3. The van der Waals surface area contributed by atoms with E-state index >= 15 is 0 Å². The lowest BCUT2D eigenvalue weighted by molar-refractivity contribution is 0.521. The molecule has 0 aromatic rings. The Kier molecular flexibility index (Phi) is 1.61. The quantitative estimate of drug-likeness (QED) is 0.513. The highest BCUT2D eigenvalue weighted by molar-refractivity contribution is 4.79. The van der Waals surface area contributed by atoms with Crippen LogP contribution in [0.1, 0.15) is 19.8 Å². The molecule has 0 bridgehead atoms. The highest BCUT2D eigenvalue weighted by Crippen LogP contribution is 2.36. The lowest BCUT2D eigenvalue weighted by Crippen LogP contribution is -1.99. The molecule has 46 valence electrons. The Morgan fingerprint density at radius 1 is 1.75 bits per heavy atom. The zero-order chi connectivity index (χ0) is 5.98. The van der Waals surface area contributed by atoms with Gasteiger partial charge in [-0.25, -0.2) is 0 Å². The topological polar surface area (TPSA) is 29.4 Å². The van der Waals surface area contributed by atoms with Gasteiger partial charge in [-0.2, -0.15) is 4.91 Å². The Bertz CT molecular complexity index is 88.5. The smallest absolute Gasteiger partial charge is 0.0839 e. The van der Waals surface area contributed by atoms with Gasteiger partial charge in [0.2, 0.25) is 0 Å². The van der Waals surface area contributed by atoms with Gasteiger partial charge in [-0.15, -0.1) is 0 Å². The summed E-state index contributed by atoms with van der Waals surface area (Å²) in [6.45, 7) is 2.61. The second-order valence-corrected chi connectivity index (χ2v) is 2.63. The van der Waals surface area contributed by atoms with Gasteiger partial charge in [-0.1, -0.05) is 12.1 Å². The van der Waals surface area contributed by atoms with Crippen LogP contribution in [0.2, 0.25) is 0 Å². The van der Waals surface area contributed by atoms with Crippen LogP contribution in [0.25, 0.3) is 0 Å². The maximum Gasteiger partial charge on any atom is 0.0839 e. The van der Waals surface area contributed by atoms with Gasteiger partial charge in [0, 0.05) is 0 Å². The number of nitrogens with zero attached hydrogens (tertiary/aromatic N) is 1. The lowest BCUT2D eigenvalue weighted by atomic mass is 10.1. The van der Waals surface area contributed by atoms with Crippen LogP contribution in [0.4, 0.5) is 0 Å². The Balaban J connectivity index is 2.12. The molecule has 1 atom stereocenters. The largest absolute Gasteiger partial charge is 0.151 e. The van der Waals surface area contributed by atoms with Crippen molar-refractivity contribution in [2.75, 3.05) is 6.54 Å². The van der Waals surface area contributed by atoms with Crippen LogP contribution < -0.4 is 0 Å². The molecule has 0 saturated heterocycles. The van der Waals surface area contributed by atoms with Crippen LogP contribution in [0, 0.1) is 16.7 Å². The Morgan fingerprint density at radius 3 is 2.75 bits per heavy atom. The molecule has 0 unspecified atom stereocenters. The molecule has 0 N–H and O–H groups in total. The van der Waals surface area contributed by atoms with Gasteiger partial charge in [-0.05, 0) is 24.7 Å². The molecule has 1 rings (SSSR count). The third-order valence-electron chi connectivity index (χ3n) is 1.79. The molecule has 0 heterocycles. The van der Waals surface area contributed by atoms with Crippen LogP contribution in [-0.2, 0) is 0 Å². The second-order valence-electron chi connectivity index (χ2n) is 2.63. The molecule has 2 heteroatoms. The predicted octanol–water partition coefficient (Wildman–Crippen LogP) is 1.80. The molecule has 2 nitrogen and oxygen atoms in total. The summed E-state index contributed by atoms with van der Waals surface area (Å²) in [5.41, 5.74) is 0. The van der Waals surface area contributed by atoms with Crippen molar-refractivity contribution in [3.63, 3.8) is 0 Å². The lowest BCUT2D eigenvalue weighted by Gasteiger charge is -1.99. The molecule has 1 saturated carbocycles. The summed E-state index contributed by atoms with van der Waals surface area (Å²) >= 11 is 0. The van der Waals surface area contributed by atoms with E-state index < -0.39 is 0 Å². The summed E-state index contributed by atoms with van der Waals surface area (Å²) < 4.78 is 0. The minimum Gasteiger partial charge on any atom is -0.151 e. The molecule has 0 radical (unpaired) electrons. The molecule has 1 fully saturated rings. The Labute approximate surface area is 49.3 Å². The van der Waals surface area contributed by atoms with Gasteiger partial charge < -0.3 is 0 Å². The molecular formula is C6H11NO. The molecule has 1 aliphatic rings. The third-order valence-corrected chi connectivity index (χ3v) is 1.79. The number of hydrogen-bond acceptors (Lipinski definition) is 2. The van der Waals surface area contributed by atoms with Gasteiger partial charge in [0.15, 0.2) is 0 Å². The average molecular weight is 113 g/mol. The van der Waals surface area contributed by atoms with Crippen molar-refractivity contribution in [2.45, 2.75) is 19.8 Å². The van der Waals surface area contributed by atoms with Crippen LogP contribution in [0.3, 0.4) is 0 Å². The summed E-state index contributed by atoms with van der Waals surface area (Å²) in [6, 6.07) is 0. The van der Waals surface area contributed by atoms with Gasteiger partial charge in [0.05, 0.1) is 6.54 Å². The minimum atomic E-state index is 0.519. The van der Waals surface area contributed by atoms with Crippen molar-refractivity contribution in [1.29, 1.82) is 0 Å². The SMILES string of the molecule is C[C@H](CN=O)C1CC1. The molecule has 0 aliphatic heterocycles. The maximum absolute atomic E-state index is 9.70. The van der Waals surface area contributed by atoms with Crippen molar-refractivity contribution in [3.8, 4) is 0 Å². The average Bonchev–Trinajstić information content (AvgIpc) is 2.45. The molecule has 8 heavy (non-hydrogen) atoms. The monoisotopic (exact) mass is 113 g/mol. The fourth-order valence-corrected chi connectivity index (χ4v) is 0.932. The van der Waals surface area contributed by atoms with Crippen molar-refractivity contribution >= 4 is 0 Å². The van der Waals surface area contributed by atoms with E-state index in [0.29, 0.717) is 12.5 Å². The van der Waals surface area contributed by atoms with Gasteiger partial charge in [-0.3, -0.25) is 0 Å². The van der Waals surface area contributed by atoms with E-state index in [1.165, 1.54) is 12.8 Å². The van der Waals surface area contributed by atoms with E-state index in [0.717, 1.165) is 5.92 Å². The molecule has 0 amide bonds. The second kappa shape index (κ2) is 2.25. The number of nitroso groups, excluding NO2 is 1. The van der Waals surface area contributed by atoms with E-state index in [1.807, 2.05) is 0 Å². The number of hydrogen-bond donors (Lipinski definition) is 0. The summed E-state index contributed by atoms with van der Waals surface area (Å²) in [4.78, 5) is 9.70. The zero-order valence-corrected chi connectivity index (χ0v) is 5.13. The van der Waals surface area contributed by atoms with E-state index in [4.69, 9.17) is 0 Å². The van der Waals surface area contributed by atoms with E-state index in [1.54, 1.807) is 0 Å². The van der Waals surface area contributed by atoms with Crippen LogP contribution >= 0.6 is 0 Å². The maximum atomic E-state index is 9.70. The van der Waals surface area contributed by atoms with Crippen LogP contribution in [0.15, 0.2) is 5.18 Å². The first-order valence-electron chi connectivity index (χ1n) is 3.13. The van der Waals surface area contributed by atoms with Crippen molar-refractivity contribution < 1.29 is 0 Å².